The van der Waals surface area contributed by atoms with Crippen molar-refractivity contribution in [2.75, 3.05) is 0 Å². The fourth-order valence-electron chi connectivity index (χ4n) is 1.14. The molecule has 5 N–H and O–H groups in total. The number of benzene rings is 1. The van der Waals surface area contributed by atoms with Gasteiger partial charge in [0.25, 0.3) is 0 Å². The number of quaternary nitrogens is 1. The van der Waals surface area contributed by atoms with Crippen LogP contribution in [0.1, 0.15) is 5.56 Å². The standard InChI is InChI=1S/C10H11NO3.H3N/c12-7-11-9(10(13)14)6-8-4-2-1-3-5-8;/h1-5,7,9H,6H2,(H,11,12)(H,13,14);1H3/t9-;/m0./s1. The molecule has 0 spiro atoms. The normalized spacial score (nSPS) is 10.9. The molecule has 0 bridgehead atoms. The van der Waals surface area contributed by atoms with E-state index in [9.17, 15) is 14.7 Å². The van der Waals surface area contributed by atoms with E-state index in [2.05, 4.69) is 5.32 Å². The first-order chi connectivity index (χ1) is 6.74. The number of carboxylic acids is 1. The van der Waals surface area contributed by atoms with E-state index in [0.29, 0.717) is 6.41 Å². The Labute approximate surface area is 87.7 Å². The van der Waals surface area contributed by atoms with Crippen LogP contribution in [0.2, 0.25) is 0 Å². The molecule has 1 aromatic carbocycles. The van der Waals surface area contributed by atoms with Crippen LogP contribution < -0.4 is 16.6 Å². The monoisotopic (exact) mass is 210 g/mol. The number of hydrogen-bond donors (Lipinski definition) is 2. The number of carbonyl (C=O) groups excluding carboxylic acids is 2. The highest BCUT2D eigenvalue weighted by atomic mass is 16.4. The van der Waals surface area contributed by atoms with Crippen LogP contribution in [0.25, 0.3) is 0 Å². The first-order valence-corrected chi connectivity index (χ1v) is 4.18. The molecule has 0 aliphatic carbocycles. The van der Waals surface area contributed by atoms with Crippen molar-refractivity contribution in [3.63, 3.8) is 0 Å². The largest absolute Gasteiger partial charge is 0.548 e. The number of carboxylic acid groups (broad SMARTS) is 1. The van der Waals surface area contributed by atoms with Crippen molar-refractivity contribution in [2.45, 2.75) is 12.5 Å². The molecule has 1 amide bonds. The summed E-state index contributed by atoms with van der Waals surface area (Å²) >= 11 is 0. The highest BCUT2D eigenvalue weighted by Gasteiger charge is 2.08. The zero-order chi connectivity index (χ0) is 10.4. The van der Waals surface area contributed by atoms with Gasteiger partial charge >= 0.3 is 0 Å². The van der Waals surface area contributed by atoms with Gasteiger partial charge in [0.1, 0.15) is 0 Å². The maximum absolute atomic E-state index is 10.6. The lowest BCUT2D eigenvalue weighted by atomic mass is 10.1. The van der Waals surface area contributed by atoms with Gasteiger partial charge in [-0.3, -0.25) is 4.79 Å². The van der Waals surface area contributed by atoms with E-state index < -0.39 is 12.0 Å². The highest BCUT2D eigenvalue weighted by molar-refractivity contribution is 5.74. The Balaban J connectivity index is 0.00000196. The van der Waals surface area contributed by atoms with Crippen LogP contribution in [0.4, 0.5) is 0 Å². The molecule has 15 heavy (non-hydrogen) atoms. The third-order valence-corrected chi connectivity index (χ3v) is 1.84. The van der Waals surface area contributed by atoms with Gasteiger partial charge in [0.05, 0.1) is 12.0 Å². The summed E-state index contributed by atoms with van der Waals surface area (Å²) in [5.41, 5.74) is 0.844. The van der Waals surface area contributed by atoms with E-state index in [-0.39, 0.29) is 12.6 Å². The second kappa shape index (κ2) is 6.56. The SMILES string of the molecule is O=CN[C@@H](Cc1ccccc1)C(=O)[O-].[NH4+]. The molecule has 1 rings (SSSR count). The van der Waals surface area contributed by atoms with Gasteiger partial charge in [0.2, 0.25) is 6.41 Å². The van der Waals surface area contributed by atoms with Gasteiger partial charge in [-0.15, -0.1) is 0 Å². The minimum absolute atomic E-state index is 0. The van der Waals surface area contributed by atoms with Gasteiger partial charge in [0.15, 0.2) is 0 Å². The Morgan fingerprint density at radius 2 is 2.00 bits per heavy atom. The van der Waals surface area contributed by atoms with Crippen LogP contribution in [-0.2, 0) is 16.0 Å². The number of amides is 1. The van der Waals surface area contributed by atoms with Crippen LogP contribution in [0.15, 0.2) is 30.3 Å². The molecule has 5 heteroatoms. The van der Waals surface area contributed by atoms with Crippen molar-refractivity contribution >= 4 is 12.4 Å². The van der Waals surface area contributed by atoms with Crippen LogP contribution in [-0.4, -0.2) is 18.4 Å². The first-order valence-electron chi connectivity index (χ1n) is 4.18. The summed E-state index contributed by atoms with van der Waals surface area (Å²) in [6, 6.07) is 8.08. The fourth-order valence-corrected chi connectivity index (χ4v) is 1.14. The summed E-state index contributed by atoms with van der Waals surface area (Å²) in [5.74, 6) is -1.28. The maximum atomic E-state index is 10.6. The van der Waals surface area contributed by atoms with Crippen molar-refractivity contribution in [3.8, 4) is 0 Å². The molecule has 0 saturated carbocycles. The van der Waals surface area contributed by atoms with Crippen molar-refractivity contribution in [1.29, 1.82) is 0 Å². The minimum atomic E-state index is -1.28. The number of hydrogen-bond acceptors (Lipinski definition) is 3. The summed E-state index contributed by atoms with van der Waals surface area (Å²) in [5, 5.41) is 12.7. The average molecular weight is 210 g/mol. The fraction of sp³-hybridized carbons (Fsp3) is 0.200. The molecule has 1 aromatic rings. The van der Waals surface area contributed by atoms with Crippen molar-refractivity contribution < 1.29 is 14.7 Å². The Morgan fingerprint density at radius 3 is 2.47 bits per heavy atom. The van der Waals surface area contributed by atoms with Crippen LogP contribution in [0, 0.1) is 0 Å². The average Bonchev–Trinajstić information content (AvgIpc) is 2.18. The second-order valence-corrected chi connectivity index (χ2v) is 2.85. The topological polar surface area (TPSA) is 106 Å². The number of rotatable bonds is 5. The first kappa shape index (κ1) is 13.1. The van der Waals surface area contributed by atoms with Crippen molar-refractivity contribution in [3.05, 3.63) is 35.9 Å². The van der Waals surface area contributed by atoms with E-state index in [1.165, 1.54) is 0 Å². The van der Waals surface area contributed by atoms with Crippen molar-refractivity contribution in [1.82, 2.24) is 11.5 Å². The smallest absolute Gasteiger partial charge is 0.207 e. The summed E-state index contributed by atoms with van der Waals surface area (Å²) in [4.78, 5) is 20.7. The van der Waals surface area contributed by atoms with Crippen LogP contribution in [0.3, 0.4) is 0 Å². The van der Waals surface area contributed by atoms with Crippen LogP contribution >= 0.6 is 0 Å². The minimum Gasteiger partial charge on any atom is -0.548 e. The Morgan fingerprint density at radius 1 is 1.40 bits per heavy atom. The summed E-state index contributed by atoms with van der Waals surface area (Å²) in [7, 11) is 0. The summed E-state index contributed by atoms with van der Waals surface area (Å²) < 4.78 is 0. The molecule has 1 atom stereocenters. The molecule has 0 unspecified atom stereocenters. The van der Waals surface area contributed by atoms with Gasteiger partial charge in [-0.1, -0.05) is 30.3 Å². The molecule has 0 heterocycles. The van der Waals surface area contributed by atoms with E-state index in [1.807, 2.05) is 18.2 Å². The number of carbonyl (C=O) groups is 2. The predicted octanol–water partition coefficient (Wildman–Crippen LogP) is -0.530. The lowest BCUT2D eigenvalue weighted by Gasteiger charge is -2.16. The predicted molar refractivity (Wildman–Crippen MR) is 54.1 cm³/mol. The Kier molecular flexibility index (Phi) is 5.73. The third kappa shape index (κ3) is 4.24. The molecule has 82 valence electrons. The number of nitrogens with one attached hydrogen (secondary N) is 1. The molecule has 0 fully saturated rings. The molecule has 0 saturated heterocycles. The van der Waals surface area contributed by atoms with Gasteiger partial charge in [-0.05, 0) is 12.0 Å². The van der Waals surface area contributed by atoms with Gasteiger partial charge in [-0.25, -0.2) is 0 Å². The second-order valence-electron chi connectivity index (χ2n) is 2.85. The molecular formula is C10H14N2O3. The number of aliphatic carboxylic acids is 1. The molecule has 0 aromatic heterocycles. The zero-order valence-corrected chi connectivity index (χ0v) is 8.47. The zero-order valence-electron chi connectivity index (χ0n) is 8.47. The molecule has 0 radical (unpaired) electrons. The third-order valence-electron chi connectivity index (χ3n) is 1.84. The van der Waals surface area contributed by atoms with Crippen molar-refractivity contribution in [2.24, 2.45) is 0 Å². The Bertz CT molecular complexity index is 314. The van der Waals surface area contributed by atoms with E-state index >= 15 is 0 Å². The Hall–Kier alpha value is -1.88. The van der Waals surface area contributed by atoms with Crippen LogP contribution in [0.5, 0.6) is 0 Å². The molecule has 0 aliphatic rings. The van der Waals surface area contributed by atoms with E-state index in [1.54, 1.807) is 12.1 Å². The van der Waals surface area contributed by atoms with E-state index in [0.717, 1.165) is 5.56 Å². The summed E-state index contributed by atoms with van der Waals surface area (Å²) in [6.07, 6.45) is 0.603. The van der Waals surface area contributed by atoms with E-state index in [4.69, 9.17) is 0 Å². The maximum Gasteiger partial charge on any atom is 0.207 e. The molecule has 5 nitrogen and oxygen atoms in total. The summed E-state index contributed by atoms with van der Waals surface area (Å²) in [6.45, 7) is 0. The lowest BCUT2D eigenvalue weighted by Crippen LogP contribution is -2.46. The van der Waals surface area contributed by atoms with Gasteiger partial charge in [0, 0.05) is 0 Å². The molecular weight excluding hydrogens is 196 g/mol. The van der Waals surface area contributed by atoms with Gasteiger partial charge < -0.3 is 21.4 Å². The molecule has 0 aliphatic heterocycles. The lowest BCUT2D eigenvalue weighted by molar-refractivity contribution is -0.308. The quantitative estimate of drug-likeness (QED) is 0.638. The highest BCUT2D eigenvalue weighted by Crippen LogP contribution is 2.02. The van der Waals surface area contributed by atoms with Gasteiger partial charge in [-0.2, -0.15) is 0 Å².